The van der Waals surface area contributed by atoms with Gasteiger partial charge in [-0.3, -0.25) is 9.59 Å². The van der Waals surface area contributed by atoms with Crippen LogP contribution in [0.25, 0.3) is 21.3 Å². The van der Waals surface area contributed by atoms with E-state index in [-0.39, 0.29) is 29.1 Å². The molecular weight excluding hydrogens is 445 g/mol. The Balaban J connectivity index is 1.41. The van der Waals surface area contributed by atoms with Gasteiger partial charge >= 0.3 is 0 Å². The van der Waals surface area contributed by atoms with Crippen molar-refractivity contribution < 1.29 is 9.18 Å². The number of nitrogens with zero attached hydrogens (tertiary/aromatic N) is 2. The molecule has 0 aliphatic carbocycles. The molecule has 0 bridgehead atoms. The number of halogens is 1. The molecule has 1 amide bonds. The van der Waals surface area contributed by atoms with Crippen molar-refractivity contribution in [2.75, 3.05) is 10.7 Å². The number of anilines is 1. The van der Waals surface area contributed by atoms with Crippen LogP contribution in [0.1, 0.15) is 17.4 Å². The Morgan fingerprint density at radius 1 is 1.25 bits per heavy atom. The second-order valence-electron chi connectivity index (χ2n) is 7.83. The SMILES string of the molecule is Cc1sc2nc(SCC(=O)N3c4ccccc4C[C@H]3C)[nH]c(=O)c2c1-c1ccc(F)cc1. The van der Waals surface area contributed by atoms with Crippen molar-refractivity contribution in [1.82, 2.24) is 9.97 Å². The number of amides is 1. The first-order chi connectivity index (χ1) is 15.4. The van der Waals surface area contributed by atoms with E-state index in [9.17, 15) is 14.0 Å². The predicted molar refractivity (Wildman–Crippen MR) is 128 cm³/mol. The number of hydrogen-bond acceptors (Lipinski definition) is 5. The largest absolute Gasteiger partial charge is 0.308 e. The Morgan fingerprint density at radius 3 is 2.78 bits per heavy atom. The fourth-order valence-electron chi connectivity index (χ4n) is 4.28. The standard InChI is InChI=1S/C24H20FN3O2S2/c1-13-11-16-5-3-4-6-18(16)28(13)19(29)12-31-24-26-22(30)21-20(14(2)32-23(21)27-24)15-7-9-17(25)10-8-15/h3-10,13H,11-12H2,1-2H3,(H,26,27,30)/t13-/m1/s1. The summed E-state index contributed by atoms with van der Waals surface area (Å²) in [5, 5.41) is 0.916. The van der Waals surface area contributed by atoms with Crippen LogP contribution in [-0.4, -0.2) is 27.7 Å². The van der Waals surface area contributed by atoms with Crippen molar-refractivity contribution in [1.29, 1.82) is 0 Å². The number of aryl methyl sites for hydroxylation is 1. The van der Waals surface area contributed by atoms with E-state index < -0.39 is 0 Å². The van der Waals surface area contributed by atoms with Crippen molar-refractivity contribution in [3.63, 3.8) is 0 Å². The van der Waals surface area contributed by atoms with Crippen molar-refractivity contribution >= 4 is 44.9 Å². The maximum Gasteiger partial charge on any atom is 0.260 e. The Hall–Kier alpha value is -2.97. The van der Waals surface area contributed by atoms with Crippen molar-refractivity contribution in [2.45, 2.75) is 31.5 Å². The first kappa shape index (κ1) is 20.9. The minimum absolute atomic E-state index is 0.00967. The number of thiophene rings is 1. The topological polar surface area (TPSA) is 66.1 Å². The number of carbonyl (C=O) groups excluding carboxylic acids is 1. The number of aromatic amines is 1. The Kier molecular flexibility index (Phi) is 5.35. The fourth-order valence-corrected chi connectivity index (χ4v) is 6.10. The van der Waals surface area contributed by atoms with Crippen LogP contribution in [0.15, 0.2) is 58.5 Å². The third-order valence-corrected chi connectivity index (χ3v) is 7.51. The fraction of sp³-hybridized carbons (Fsp3) is 0.208. The van der Waals surface area contributed by atoms with Crippen LogP contribution in [0.5, 0.6) is 0 Å². The Labute approximate surface area is 192 Å². The summed E-state index contributed by atoms with van der Waals surface area (Å²) in [7, 11) is 0. The van der Waals surface area contributed by atoms with Crippen LogP contribution in [0.2, 0.25) is 0 Å². The van der Waals surface area contributed by atoms with Crippen LogP contribution in [0.4, 0.5) is 10.1 Å². The van der Waals surface area contributed by atoms with Crippen LogP contribution in [0, 0.1) is 12.7 Å². The van der Waals surface area contributed by atoms with Gasteiger partial charge in [-0.05, 0) is 49.6 Å². The third kappa shape index (κ3) is 3.63. The van der Waals surface area contributed by atoms with Gasteiger partial charge in [-0.15, -0.1) is 11.3 Å². The molecule has 1 aliphatic rings. The van der Waals surface area contributed by atoms with Gasteiger partial charge in [0.1, 0.15) is 10.6 Å². The van der Waals surface area contributed by atoms with Crippen LogP contribution < -0.4 is 10.5 Å². The second kappa shape index (κ2) is 8.18. The summed E-state index contributed by atoms with van der Waals surface area (Å²) in [5.74, 6) is -0.150. The van der Waals surface area contributed by atoms with E-state index in [1.807, 2.05) is 36.9 Å². The molecular formula is C24H20FN3O2S2. The summed E-state index contributed by atoms with van der Waals surface area (Å²) in [6, 6.07) is 14.2. The number of benzene rings is 2. The quantitative estimate of drug-likeness (QED) is 0.334. The molecule has 2 aromatic carbocycles. The van der Waals surface area contributed by atoms with Gasteiger partial charge in [0, 0.05) is 22.2 Å². The molecule has 0 saturated heterocycles. The maximum atomic E-state index is 13.3. The zero-order valence-corrected chi connectivity index (χ0v) is 19.1. The number of carbonyl (C=O) groups is 1. The minimum atomic E-state index is -0.323. The van der Waals surface area contributed by atoms with Gasteiger partial charge in [0.15, 0.2) is 5.16 Å². The van der Waals surface area contributed by atoms with E-state index in [0.29, 0.717) is 15.4 Å². The number of aromatic nitrogens is 2. The molecule has 8 heteroatoms. The molecule has 0 unspecified atom stereocenters. The van der Waals surface area contributed by atoms with Crippen molar-refractivity contribution in [3.05, 3.63) is 75.1 Å². The number of rotatable bonds is 4. The molecule has 3 heterocycles. The lowest BCUT2D eigenvalue weighted by molar-refractivity contribution is -0.116. The number of nitrogens with one attached hydrogen (secondary N) is 1. The smallest absolute Gasteiger partial charge is 0.260 e. The summed E-state index contributed by atoms with van der Waals surface area (Å²) in [4.78, 5) is 36.7. The average Bonchev–Trinajstić information content (AvgIpc) is 3.28. The highest BCUT2D eigenvalue weighted by Crippen LogP contribution is 2.36. The molecule has 0 radical (unpaired) electrons. The number of H-pyrrole nitrogens is 1. The van der Waals surface area contributed by atoms with Crippen LogP contribution >= 0.6 is 23.1 Å². The van der Waals surface area contributed by atoms with E-state index in [1.165, 1.54) is 40.8 Å². The summed E-state index contributed by atoms with van der Waals surface area (Å²) in [6.07, 6.45) is 0.842. The molecule has 0 fully saturated rings. The van der Waals surface area contributed by atoms with Gasteiger partial charge in [0.05, 0.1) is 11.1 Å². The zero-order valence-electron chi connectivity index (χ0n) is 17.5. The molecule has 4 aromatic rings. The molecule has 0 spiro atoms. The molecule has 1 N–H and O–H groups in total. The first-order valence-corrected chi connectivity index (χ1v) is 12.0. The number of para-hydroxylation sites is 1. The lowest BCUT2D eigenvalue weighted by Gasteiger charge is -2.22. The van der Waals surface area contributed by atoms with Crippen LogP contribution in [0.3, 0.4) is 0 Å². The first-order valence-electron chi connectivity index (χ1n) is 10.2. The lowest BCUT2D eigenvalue weighted by Crippen LogP contribution is -2.37. The van der Waals surface area contributed by atoms with Crippen molar-refractivity contribution in [3.8, 4) is 11.1 Å². The van der Waals surface area contributed by atoms with Gasteiger partial charge in [-0.1, -0.05) is 42.1 Å². The molecule has 5 rings (SSSR count). The molecule has 1 aliphatic heterocycles. The van der Waals surface area contributed by atoms with Gasteiger partial charge in [0.25, 0.3) is 5.56 Å². The van der Waals surface area contributed by atoms with E-state index in [1.54, 1.807) is 12.1 Å². The molecule has 32 heavy (non-hydrogen) atoms. The van der Waals surface area contributed by atoms with Gasteiger partial charge < -0.3 is 9.88 Å². The third-order valence-electron chi connectivity index (χ3n) is 5.66. The van der Waals surface area contributed by atoms with Crippen LogP contribution in [-0.2, 0) is 11.2 Å². The lowest BCUT2D eigenvalue weighted by atomic mass is 10.0. The van der Waals surface area contributed by atoms with E-state index in [2.05, 4.69) is 16.0 Å². The zero-order chi connectivity index (χ0) is 22.4. The van der Waals surface area contributed by atoms with E-state index in [4.69, 9.17) is 0 Å². The predicted octanol–water partition coefficient (Wildman–Crippen LogP) is 5.17. The highest BCUT2D eigenvalue weighted by molar-refractivity contribution is 7.99. The molecule has 1 atom stereocenters. The minimum Gasteiger partial charge on any atom is -0.308 e. The number of thioether (sulfide) groups is 1. The van der Waals surface area contributed by atoms with E-state index >= 15 is 0 Å². The summed E-state index contributed by atoms with van der Waals surface area (Å²) < 4.78 is 13.3. The summed E-state index contributed by atoms with van der Waals surface area (Å²) in [6.45, 7) is 3.97. The van der Waals surface area contributed by atoms with Gasteiger partial charge in [-0.25, -0.2) is 9.37 Å². The highest BCUT2D eigenvalue weighted by Gasteiger charge is 2.30. The number of hydrogen-bond donors (Lipinski definition) is 1. The normalized spacial score (nSPS) is 15.3. The molecule has 5 nitrogen and oxygen atoms in total. The average molecular weight is 466 g/mol. The summed E-state index contributed by atoms with van der Waals surface area (Å²) in [5.41, 5.74) is 3.43. The Bertz CT molecular complexity index is 1390. The summed E-state index contributed by atoms with van der Waals surface area (Å²) >= 11 is 2.66. The van der Waals surface area contributed by atoms with Gasteiger partial charge in [-0.2, -0.15) is 0 Å². The van der Waals surface area contributed by atoms with Gasteiger partial charge in [0.2, 0.25) is 5.91 Å². The molecule has 2 aromatic heterocycles. The molecule has 0 saturated carbocycles. The highest BCUT2D eigenvalue weighted by atomic mass is 32.2. The second-order valence-corrected chi connectivity index (χ2v) is 9.99. The Morgan fingerprint density at radius 2 is 2.00 bits per heavy atom. The molecule has 162 valence electrons. The monoisotopic (exact) mass is 465 g/mol. The van der Waals surface area contributed by atoms with E-state index in [0.717, 1.165) is 28.1 Å². The van der Waals surface area contributed by atoms with Crippen molar-refractivity contribution in [2.24, 2.45) is 0 Å². The number of fused-ring (bicyclic) bond motifs is 2. The maximum absolute atomic E-state index is 13.3.